The fraction of sp³-hybridized carbons (Fsp3) is 0.133. The Morgan fingerprint density at radius 1 is 1.10 bits per heavy atom. The van der Waals surface area contributed by atoms with Crippen LogP contribution >= 0.6 is 0 Å². The van der Waals surface area contributed by atoms with E-state index < -0.39 is 0 Å². The molecule has 0 radical (unpaired) electrons. The smallest absolute Gasteiger partial charge is 0.170 e. The van der Waals surface area contributed by atoms with Gasteiger partial charge in [0.1, 0.15) is 17.2 Å². The van der Waals surface area contributed by atoms with Crippen molar-refractivity contribution in [3.63, 3.8) is 0 Å². The minimum Gasteiger partial charge on any atom is -0.497 e. The van der Waals surface area contributed by atoms with Crippen molar-refractivity contribution < 1.29 is 14.7 Å². The summed E-state index contributed by atoms with van der Waals surface area (Å²) in [5.41, 5.74) is 7.11. The second-order valence-corrected chi connectivity index (χ2v) is 4.24. The summed E-state index contributed by atoms with van der Waals surface area (Å²) < 4.78 is 10.9. The molecule has 0 atom stereocenters. The molecular formula is C15H16N2O3. The minimum atomic E-state index is 0.0791. The Hall–Kier alpha value is -2.69. The van der Waals surface area contributed by atoms with Gasteiger partial charge < -0.3 is 20.4 Å². The molecule has 5 nitrogen and oxygen atoms in total. The van der Waals surface area contributed by atoms with E-state index in [4.69, 9.17) is 20.4 Å². The summed E-state index contributed by atoms with van der Waals surface area (Å²) in [5.74, 6) is 2.16. The number of nitrogens with zero attached hydrogens (tertiary/aromatic N) is 1. The fourth-order valence-corrected chi connectivity index (χ4v) is 1.84. The molecular weight excluding hydrogens is 256 g/mol. The van der Waals surface area contributed by atoms with E-state index in [1.54, 1.807) is 25.3 Å². The van der Waals surface area contributed by atoms with Crippen LogP contribution in [0.1, 0.15) is 11.1 Å². The van der Waals surface area contributed by atoms with Crippen LogP contribution in [0.25, 0.3) is 0 Å². The van der Waals surface area contributed by atoms with Crippen molar-refractivity contribution in [2.24, 2.45) is 10.9 Å². The first-order chi connectivity index (χ1) is 9.63. The first kappa shape index (κ1) is 13.7. The number of rotatable bonds is 4. The molecule has 0 saturated carbocycles. The Kier molecular flexibility index (Phi) is 4.10. The molecule has 0 bridgehead atoms. The highest BCUT2D eigenvalue weighted by atomic mass is 16.5. The average molecular weight is 272 g/mol. The predicted octanol–water partition coefficient (Wildman–Crippen LogP) is 2.89. The van der Waals surface area contributed by atoms with Crippen LogP contribution in [0.15, 0.2) is 47.6 Å². The number of aryl methyl sites for hydroxylation is 1. The van der Waals surface area contributed by atoms with Gasteiger partial charge in [0.15, 0.2) is 5.84 Å². The number of ether oxygens (including phenoxy) is 2. The highest BCUT2D eigenvalue weighted by Gasteiger charge is 2.06. The van der Waals surface area contributed by atoms with E-state index >= 15 is 0 Å². The second kappa shape index (κ2) is 5.97. The van der Waals surface area contributed by atoms with Crippen LogP contribution in [0.4, 0.5) is 0 Å². The molecule has 2 aromatic carbocycles. The van der Waals surface area contributed by atoms with Crippen molar-refractivity contribution >= 4 is 5.84 Å². The molecule has 2 rings (SSSR count). The van der Waals surface area contributed by atoms with E-state index in [0.717, 1.165) is 11.3 Å². The number of oxime groups is 1. The number of benzene rings is 2. The maximum atomic E-state index is 8.69. The predicted molar refractivity (Wildman–Crippen MR) is 76.8 cm³/mol. The van der Waals surface area contributed by atoms with Gasteiger partial charge in [0.05, 0.1) is 7.11 Å². The van der Waals surface area contributed by atoms with Gasteiger partial charge in [-0.05, 0) is 42.8 Å². The van der Waals surface area contributed by atoms with Gasteiger partial charge in [0, 0.05) is 11.6 Å². The molecule has 0 aliphatic carbocycles. The van der Waals surface area contributed by atoms with Gasteiger partial charge in [-0.1, -0.05) is 11.2 Å². The van der Waals surface area contributed by atoms with Gasteiger partial charge in [0.2, 0.25) is 0 Å². The van der Waals surface area contributed by atoms with Gasteiger partial charge in [-0.25, -0.2) is 0 Å². The van der Waals surface area contributed by atoms with Crippen LogP contribution in [0.5, 0.6) is 17.2 Å². The molecule has 3 N–H and O–H groups in total. The number of hydrogen-bond acceptors (Lipinski definition) is 4. The van der Waals surface area contributed by atoms with E-state index in [-0.39, 0.29) is 5.84 Å². The lowest BCUT2D eigenvalue weighted by molar-refractivity contribution is 0.318. The third-order valence-corrected chi connectivity index (χ3v) is 2.86. The lowest BCUT2D eigenvalue weighted by Gasteiger charge is -2.10. The maximum absolute atomic E-state index is 8.69. The highest BCUT2D eigenvalue weighted by molar-refractivity contribution is 5.98. The molecule has 0 unspecified atom stereocenters. The topological polar surface area (TPSA) is 77.1 Å². The molecule has 0 aliphatic rings. The van der Waals surface area contributed by atoms with Crippen molar-refractivity contribution in [2.45, 2.75) is 6.92 Å². The average Bonchev–Trinajstić information content (AvgIpc) is 2.47. The summed E-state index contributed by atoms with van der Waals surface area (Å²) in [6.45, 7) is 1.87. The largest absolute Gasteiger partial charge is 0.497 e. The Bertz CT molecular complexity index is 639. The fourth-order valence-electron chi connectivity index (χ4n) is 1.84. The highest BCUT2D eigenvalue weighted by Crippen LogP contribution is 2.26. The van der Waals surface area contributed by atoms with Gasteiger partial charge in [-0.3, -0.25) is 0 Å². The maximum Gasteiger partial charge on any atom is 0.170 e. The van der Waals surface area contributed by atoms with Crippen LogP contribution in [0.3, 0.4) is 0 Å². The number of nitrogens with two attached hydrogens (primary N) is 1. The van der Waals surface area contributed by atoms with Gasteiger partial charge in [-0.2, -0.15) is 0 Å². The van der Waals surface area contributed by atoms with E-state index in [1.807, 2.05) is 31.2 Å². The van der Waals surface area contributed by atoms with E-state index in [2.05, 4.69) is 5.16 Å². The van der Waals surface area contributed by atoms with Crippen molar-refractivity contribution in [2.75, 3.05) is 7.11 Å². The van der Waals surface area contributed by atoms with E-state index in [0.29, 0.717) is 17.1 Å². The van der Waals surface area contributed by atoms with Crippen molar-refractivity contribution in [1.82, 2.24) is 0 Å². The third-order valence-electron chi connectivity index (χ3n) is 2.86. The van der Waals surface area contributed by atoms with Gasteiger partial charge in [-0.15, -0.1) is 0 Å². The van der Waals surface area contributed by atoms with Crippen LogP contribution in [0, 0.1) is 6.92 Å². The second-order valence-electron chi connectivity index (χ2n) is 4.24. The summed E-state index contributed by atoms with van der Waals surface area (Å²) in [5, 5.41) is 11.7. The molecule has 0 heterocycles. The zero-order valence-corrected chi connectivity index (χ0v) is 11.3. The van der Waals surface area contributed by atoms with Crippen LogP contribution < -0.4 is 15.2 Å². The number of hydrogen-bond donors (Lipinski definition) is 2. The van der Waals surface area contributed by atoms with Crippen LogP contribution in [0.2, 0.25) is 0 Å². The molecule has 0 aromatic heterocycles. The lowest BCUT2D eigenvalue weighted by Crippen LogP contribution is -2.14. The summed E-state index contributed by atoms with van der Waals surface area (Å²) in [6.07, 6.45) is 0. The molecule has 2 aromatic rings. The lowest BCUT2D eigenvalue weighted by atomic mass is 10.1. The molecule has 0 spiro atoms. The Morgan fingerprint density at radius 2 is 1.80 bits per heavy atom. The standard InChI is InChI=1S/C15H16N2O3/c1-10-8-13(6-7-14(10)15(16)17-18)20-12-5-3-4-11(9-12)19-2/h3-9,18H,1-2H3,(H2,16,17). The van der Waals surface area contributed by atoms with Crippen LogP contribution in [-0.2, 0) is 0 Å². The zero-order chi connectivity index (χ0) is 14.5. The number of amidine groups is 1. The monoisotopic (exact) mass is 272 g/mol. The minimum absolute atomic E-state index is 0.0791. The summed E-state index contributed by atoms with van der Waals surface area (Å²) in [7, 11) is 1.61. The Morgan fingerprint density at radius 3 is 2.45 bits per heavy atom. The Labute approximate surface area is 117 Å². The summed E-state index contributed by atoms with van der Waals surface area (Å²) in [6, 6.07) is 12.7. The third kappa shape index (κ3) is 3.00. The first-order valence-corrected chi connectivity index (χ1v) is 6.04. The van der Waals surface area contributed by atoms with Crippen molar-refractivity contribution in [3.8, 4) is 17.2 Å². The normalized spacial score (nSPS) is 11.2. The Balaban J connectivity index is 2.24. The van der Waals surface area contributed by atoms with Crippen LogP contribution in [-0.4, -0.2) is 18.2 Å². The van der Waals surface area contributed by atoms with Crippen molar-refractivity contribution in [3.05, 3.63) is 53.6 Å². The summed E-state index contributed by atoms with van der Waals surface area (Å²) in [4.78, 5) is 0. The molecule has 5 heteroatoms. The molecule has 0 aliphatic heterocycles. The molecule has 0 fully saturated rings. The summed E-state index contributed by atoms with van der Waals surface area (Å²) >= 11 is 0. The molecule has 0 amide bonds. The molecule has 104 valence electrons. The molecule has 0 saturated heterocycles. The zero-order valence-electron chi connectivity index (χ0n) is 11.3. The molecule has 20 heavy (non-hydrogen) atoms. The van der Waals surface area contributed by atoms with E-state index in [9.17, 15) is 0 Å². The van der Waals surface area contributed by atoms with Crippen molar-refractivity contribution in [1.29, 1.82) is 0 Å². The first-order valence-electron chi connectivity index (χ1n) is 6.04. The quantitative estimate of drug-likeness (QED) is 0.388. The number of methoxy groups -OCH3 is 1. The van der Waals surface area contributed by atoms with Gasteiger partial charge >= 0.3 is 0 Å². The van der Waals surface area contributed by atoms with Gasteiger partial charge in [0.25, 0.3) is 0 Å². The van der Waals surface area contributed by atoms with E-state index in [1.165, 1.54) is 0 Å². The SMILES string of the molecule is COc1cccc(Oc2ccc(/C(N)=N/O)c(C)c2)c1.